The lowest BCUT2D eigenvalue weighted by atomic mass is 9.98. The summed E-state index contributed by atoms with van der Waals surface area (Å²) >= 11 is 0. The minimum Gasteiger partial charge on any atom is -0.497 e. The van der Waals surface area contributed by atoms with Crippen LogP contribution in [0, 0.1) is 20.2 Å². The van der Waals surface area contributed by atoms with Crippen LogP contribution in [-0.2, 0) is 6.54 Å². The van der Waals surface area contributed by atoms with Crippen molar-refractivity contribution in [3.05, 3.63) is 44.5 Å². The molecule has 11 nitrogen and oxygen atoms in total. The molecule has 1 aromatic heterocycles. The third-order valence-electron chi connectivity index (χ3n) is 4.87. The molecule has 2 aromatic carbocycles. The Morgan fingerprint density at radius 3 is 2.52 bits per heavy atom. The number of nitrogens with zero attached hydrogens (tertiary/aromatic N) is 5. The highest BCUT2D eigenvalue weighted by molar-refractivity contribution is 6.14. The fourth-order valence-corrected chi connectivity index (χ4v) is 3.50. The smallest absolute Gasteiger partial charge is 0.302 e. The Morgan fingerprint density at radius 2 is 1.90 bits per heavy atom. The maximum Gasteiger partial charge on any atom is 0.302 e. The van der Waals surface area contributed by atoms with Gasteiger partial charge in [-0.2, -0.15) is 5.10 Å². The molecule has 3 aromatic rings. The van der Waals surface area contributed by atoms with Gasteiger partial charge in [0.2, 0.25) is 0 Å². The molecule has 1 aliphatic heterocycles. The van der Waals surface area contributed by atoms with Gasteiger partial charge in [-0.1, -0.05) is 0 Å². The predicted molar refractivity (Wildman–Crippen MR) is 107 cm³/mol. The first-order chi connectivity index (χ1) is 13.8. The zero-order valence-corrected chi connectivity index (χ0v) is 16.0. The largest absolute Gasteiger partial charge is 0.497 e. The van der Waals surface area contributed by atoms with Crippen molar-refractivity contribution in [2.24, 2.45) is 0 Å². The van der Waals surface area contributed by atoms with Crippen LogP contribution in [0.1, 0.15) is 0 Å². The number of nitro benzene ring substituents is 2. The van der Waals surface area contributed by atoms with Crippen molar-refractivity contribution in [3.8, 4) is 17.0 Å². The summed E-state index contributed by atoms with van der Waals surface area (Å²) in [5.41, 5.74) is 1.50. The van der Waals surface area contributed by atoms with Crippen LogP contribution in [0.4, 0.5) is 22.7 Å². The van der Waals surface area contributed by atoms with Crippen LogP contribution in [0.25, 0.3) is 22.2 Å². The highest BCUT2D eigenvalue weighted by Gasteiger charge is 2.35. The molecule has 0 unspecified atom stereocenters. The maximum atomic E-state index is 11.7. The van der Waals surface area contributed by atoms with E-state index in [1.807, 2.05) is 19.0 Å². The van der Waals surface area contributed by atoms with E-state index in [0.29, 0.717) is 41.2 Å². The lowest BCUT2D eigenvalue weighted by Crippen LogP contribution is -2.19. The quantitative estimate of drug-likeness (QED) is 0.387. The number of nitrogens with one attached hydrogen (secondary N) is 1. The Labute approximate surface area is 164 Å². The molecule has 11 heteroatoms. The number of hydrogen-bond donors (Lipinski definition) is 1. The fourth-order valence-electron chi connectivity index (χ4n) is 3.50. The number of rotatable bonds is 6. The highest BCUT2D eigenvalue weighted by Crippen LogP contribution is 2.50. The van der Waals surface area contributed by atoms with Gasteiger partial charge in [0.05, 0.1) is 35.0 Å². The van der Waals surface area contributed by atoms with Crippen molar-refractivity contribution in [1.29, 1.82) is 0 Å². The number of nitro groups is 2. The summed E-state index contributed by atoms with van der Waals surface area (Å²) in [5.74, 6) is 0.588. The van der Waals surface area contributed by atoms with Crippen molar-refractivity contribution in [3.63, 3.8) is 0 Å². The second-order valence-corrected chi connectivity index (χ2v) is 6.94. The molecule has 0 saturated carbocycles. The molecule has 1 aliphatic rings. The minimum atomic E-state index is -0.621. The van der Waals surface area contributed by atoms with Crippen LogP contribution in [0.3, 0.4) is 0 Å². The number of benzene rings is 2. The summed E-state index contributed by atoms with van der Waals surface area (Å²) in [6, 6.07) is 6.23. The van der Waals surface area contributed by atoms with Crippen molar-refractivity contribution < 1.29 is 14.6 Å². The first-order valence-corrected chi connectivity index (χ1v) is 8.78. The van der Waals surface area contributed by atoms with Crippen LogP contribution in [0.15, 0.2) is 24.3 Å². The average Bonchev–Trinajstić information content (AvgIpc) is 3.06. The molecule has 0 fully saturated rings. The molecule has 150 valence electrons. The summed E-state index contributed by atoms with van der Waals surface area (Å²) < 4.78 is 6.84. The summed E-state index contributed by atoms with van der Waals surface area (Å²) in [5, 5.41) is 31.5. The Morgan fingerprint density at radius 1 is 1.17 bits per heavy atom. The van der Waals surface area contributed by atoms with Gasteiger partial charge >= 0.3 is 5.69 Å². The van der Waals surface area contributed by atoms with Gasteiger partial charge in [-0.05, 0) is 32.3 Å². The minimum absolute atomic E-state index is 0.208. The maximum absolute atomic E-state index is 11.7. The number of ether oxygens (including phenoxy) is 1. The number of fused-ring (bicyclic) bond motifs is 2. The van der Waals surface area contributed by atoms with Gasteiger partial charge in [-0.25, -0.2) is 0 Å². The summed E-state index contributed by atoms with van der Waals surface area (Å²) in [7, 11) is 5.31. The zero-order valence-electron chi connectivity index (χ0n) is 16.0. The van der Waals surface area contributed by atoms with E-state index in [4.69, 9.17) is 4.74 Å². The summed E-state index contributed by atoms with van der Waals surface area (Å²) in [6.45, 7) is 0.985. The first-order valence-electron chi connectivity index (χ1n) is 8.78. The van der Waals surface area contributed by atoms with E-state index in [9.17, 15) is 20.2 Å². The topological polar surface area (TPSA) is 129 Å². The third kappa shape index (κ3) is 2.91. The molecule has 0 bridgehead atoms. The molecule has 0 atom stereocenters. The number of methoxy groups -OCH3 is 1. The van der Waals surface area contributed by atoms with Crippen LogP contribution < -0.4 is 10.1 Å². The third-order valence-corrected chi connectivity index (χ3v) is 4.87. The standard InChI is InChI=1S/C18H18N6O5/c1-21(2)6-7-22-18-14(24(27)28)9-13(23(25)26)17-15(18)16(20-22)11-8-10(29-3)4-5-12(11)19-17/h4-5,8-9,19H,6-7H2,1-3H3. The first kappa shape index (κ1) is 18.6. The lowest BCUT2D eigenvalue weighted by Gasteiger charge is -2.18. The van der Waals surface area contributed by atoms with Crippen LogP contribution in [-0.4, -0.2) is 52.3 Å². The molecule has 4 rings (SSSR count). The van der Waals surface area contributed by atoms with Crippen molar-refractivity contribution in [2.75, 3.05) is 33.1 Å². The molecule has 29 heavy (non-hydrogen) atoms. The van der Waals surface area contributed by atoms with Crippen molar-refractivity contribution >= 4 is 33.7 Å². The number of anilines is 2. The van der Waals surface area contributed by atoms with Crippen LogP contribution >= 0.6 is 0 Å². The van der Waals surface area contributed by atoms with Gasteiger partial charge in [0.15, 0.2) is 0 Å². The highest BCUT2D eigenvalue weighted by atomic mass is 16.6. The van der Waals surface area contributed by atoms with Gasteiger partial charge in [0.1, 0.15) is 22.6 Å². The van der Waals surface area contributed by atoms with Gasteiger partial charge in [-0.3, -0.25) is 24.9 Å². The van der Waals surface area contributed by atoms with E-state index < -0.39 is 9.85 Å². The summed E-state index contributed by atoms with van der Waals surface area (Å²) in [4.78, 5) is 24.1. The Balaban J connectivity index is 2.10. The second kappa shape index (κ2) is 6.71. The predicted octanol–water partition coefficient (Wildman–Crippen LogP) is 3.15. The van der Waals surface area contributed by atoms with Crippen molar-refractivity contribution in [1.82, 2.24) is 14.7 Å². The normalized spacial score (nSPS) is 12.0. The van der Waals surface area contributed by atoms with E-state index >= 15 is 0 Å². The van der Waals surface area contributed by atoms with E-state index in [0.717, 1.165) is 6.07 Å². The van der Waals surface area contributed by atoms with Crippen LogP contribution in [0.5, 0.6) is 5.75 Å². The van der Waals surface area contributed by atoms with E-state index in [1.165, 1.54) is 7.11 Å². The molecule has 0 aliphatic carbocycles. The average molecular weight is 398 g/mol. The lowest BCUT2D eigenvalue weighted by molar-refractivity contribution is -0.392. The van der Waals surface area contributed by atoms with E-state index in [1.54, 1.807) is 22.9 Å². The molecule has 0 spiro atoms. The number of hydrogen-bond acceptors (Lipinski definition) is 8. The zero-order chi connectivity index (χ0) is 20.9. The van der Waals surface area contributed by atoms with Gasteiger partial charge < -0.3 is 15.0 Å². The molecular weight excluding hydrogens is 380 g/mol. The van der Waals surface area contributed by atoms with E-state index in [-0.39, 0.29) is 22.6 Å². The Bertz CT molecular complexity index is 1170. The molecule has 0 amide bonds. The monoisotopic (exact) mass is 398 g/mol. The second-order valence-electron chi connectivity index (χ2n) is 6.94. The fraction of sp³-hybridized carbons (Fsp3) is 0.278. The van der Waals surface area contributed by atoms with Gasteiger partial charge in [0.25, 0.3) is 5.69 Å². The number of likely N-dealkylation sites (N-methyl/N-ethyl adjacent to an activating group) is 1. The Hall–Kier alpha value is -3.73. The number of non-ortho nitro benzene ring substituents is 1. The Kier molecular flexibility index (Phi) is 4.31. The summed E-state index contributed by atoms with van der Waals surface area (Å²) in [6.07, 6.45) is 0. The molecule has 0 saturated heterocycles. The number of aromatic nitrogens is 2. The SMILES string of the molecule is COc1ccc2c(c1)-c1nn(CCN(C)C)c3c([N+](=O)[O-])cc([N+](=O)[O-])c(c13)N2. The van der Waals surface area contributed by atoms with Gasteiger partial charge in [0, 0.05) is 17.8 Å². The molecular formula is C18H18N6O5. The molecule has 1 N–H and O–H groups in total. The van der Waals surface area contributed by atoms with E-state index in [2.05, 4.69) is 10.4 Å². The van der Waals surface area contributed by atoms with Crippen molar-refractivity contribution in [2.45, 2.75) is 6.54 Å². The molecule has 2 heterocycles. The molecule has 0 radical (unpaired) electrons. The van der Waals surface area contributed by atoms with Crippen LogP contribution in [0.2, 0.25) is 0 Å². The van der Waals surface area contributed by atoms with Gasteiger partial charge in [-0.15, -0.1) is 0 Å².